The van der Waals surface area contributed by atoms with Crippen LogP contribution in [0.25, 0.3) is 0 Å². The Bertz CT molecular complexity index is 1160. The van der Waals surface area contributed by atoms with E-state index in [4.69, 9.17) is 4.74 Å². The molecular formula is C24H26N2O4S. The first-order valence-corrected chi connectivity index (χ1v) is 11.4. The number of anilines is 2. The Morgan fingerprint density at radius 2 is 1.61 bits per heavy atom. The van der Waals surface area contributed by atoms with Crippen molar-refractivity contribution in [3.8, 4) is 5.75 Å². The van der Waals surface area contributed by atoms with Crippen molar-refractivity contribution in [3.63, 3.8) is 0 Å². The predicted octanol–water partition coefficient (Wildman–Crippen LogP) is 4.54. The molecule has 0 aromatic heterocycles. The lowest BCUT2D eigenvalue weighted by molar-refractivity contribution is -0.118. The molecule has 0 heterocycles. The predicted molar refractivity (Wildman–Crippen MR) is 123 cm³/mol. The number of nitrogens with one attached hydrogen (secondary N) is 1. The quantitative estimate of drug-likeness (QED) is 0.560. The van der Waals surface area contributed by atoms with Gasteiger partial charge in [0.05, 0.1) is 11.4 Å². The van der Waals surface area contributed by atoms with E-state index in [1.165, 1.54) is 10.4 Å². The summed E-state index contributed by atoms with van der Waals surface area (Å²) in [6, 6.07) is 20.9. The highest BCUT2D eigenvalue weighted by Crippen LogP contribution is 2.28. The third-order valence-electron chi connectivity index (χ3n) is 4.97. The minimum atomic E-state index is -3.88. The van der Waals surface area contributed by atoms with Crippen LogP contribution in [-0.4, -0.2) is 27.5 Å². The molecule has 162 valence electrons. The van der Waals surface area contributed by atoms with Gasteiger partial charge in [0, 0.05) is 6.54 Å². The molecule has 3 rings (SSSR count). The van der Waals surface area contributed by atoms with E-state index in [0.29, 0.717) is 11.4 Å². The maximum Gasteiger partial charge on any atom is 0.266 e. The van der Waals surface area contributed by atoms with Crippen LogP contribution in [-0.2, 0) is 14.8 Å². The Kier molecular flexibility index (Phi) is 6.97. The number of nitrogens with zero attached hydrogens (tertiary/aromatic N) is 1. The summed E-state index contributed by atoms with van der Waals surface area (Å²) in [4.78, 5) is 12.6. The van der Waals surface area contributed by atoms with Gasteiger partial charge >= 0.3 is 0 Å². The van der Waals surface area contributed by atoms with Crippen molar-refractivity contribution in [2.75, 3.05) is 22.8 Å². The van der Waals surface area contributed by atoms with Gasteiger partial charge in [0.25, 0.3) is 15.9 Å². The first-order chi connectivity index (χ1) is 14.8. The highest BCUT2D eigenvalue weighted by atomic mass is 32.2. The Hall–Kier alpha value is -3.32. The number of amides is 1. The van der Waals surface area contributed by atoms with Crippen LogP contribution in [0.15, 0.2) is 77.7 Å². The number of benzene rings is 3. The number of hydrogen-bond acceptors (Lipinski definition) is 4. The van der Waals surface area contributed by atoms with E-state index in [1.807, 2.05) is 32.0 Å². The molecule has 0 aliphatic carbocycles. The number of hydrogen-bond donors (Lipinski definition) is 1. The second kappa shape index (κ2) is 9.66. The number of carbonyl (C=O) groups is 1. The van der Waals surface area contributed by atoms with Gasteiger partial charge in [0.1, 0.15) is 10.6 Å². The van der Waals surface area contributed by atoms with E-state index in [1.54, 1.807) is 55.5 Å². The molecule has 3 aromatic carbocycles. The summed E-state index contributed by atoms with van der Waals surface area (Å²) in [7, 11) is -3.88. The molecule has 0 aliphatic heterocycles. The van der Waals surface area contributed by atoms with Crippen LogP contribution >= 0.6 is 0 Å². The SMILES string of the molecule is CCN(c1ccccc1)S(=O)(=O)c1ccccc1NC(=O)COc1cccc(C)c1C. The van der Waals surface area contributed by atoms with Crippen LogP contribution in [0.2, 0.25) is 0 Å². The smallest absolute Gasteiger partial charge is 0.266 e. The number of para-hydroxylation sites is 2. The third kappa shape index (κ3) is 5.06. The lowest BCUT2D eigenvalue weighted by Gasteiger charge is -2.24. The summed E-state index contributed by atoms with van der Waals surface area (Å²) in [6.07, 6.45) is 0. The zero-order chi connectivity index (χ0) is 22.4. The number of sulfonamides is 1. The minimum absolute atomic E-state index is 0.0285. The normalized spacial score (nSPS) is 11.1. The first kappa shape index (κ1) is 22.4. The lowest BCUT2D eigenvalue weighted by atomic mass is 10.1. The Morgan fingerprint density at radius 1 is 0.935 bits per heavy atom. The van der Waals surface area contributed by atoms with Crippen molar-refractivity contribution in [3.05, 3.63) is 83.9 Å². The third-order valence-corrected chi connectivity index (χ3v) is 6.94. The van der Waals surface area contributed by atoms with Gasteiger partial charge in [-0.15, -0.1) is 0 Å². The van der Waals surface area contributed by atoms with Crippen LogP contribution in [0, 0.1) is 13.8 Å². The van der Waals surface area contributed by atoms with E-state index >= 15 is 0 Å². The van der Waals surface area contributed by atoms with Crippen LogP contribution in [0.5, 0.6) is 5.75 Å². The Labute approximate surface area is 183 Å². The molecule has 0 fully saturated rings. The Morgan fingerprint density at radius 3 is 2.32 bits per heavy atom. The topological polar surface area (TPSA) is 75.7 Å². The van der Waals surface area contributed by atoms with Gasteiger partial charge in [-0.1, -0.05) is 42.5 Å². The molecule has 1 N–H and O–H groups in total. The van der Waals surface area contributed by atoms with Gasteiger partial charge in [-0.2, -0.15) is 0 Å². The fraction of sp³-hybridized carbons (Fsp3) is 0.208. The molecule has 0 atom stereocenters. The summed E-state index contributed by atoms with van der Waals surface area (Å²) in [5, 5.41) is 2.68. The average Bonchev–Trinajstić information content (AvgIpc) is 2.76. The van der Waals surface area contributed by atoms with Crippen molar-refractivity contribution in [2.45, 2.75) is 25.7 Å². The van der Waals surface area contributed by atoms with Crippen LogP contribution in [0.4, 0.5) is 11.4 Å². The summed E-state index contributed by atoms with van der Waals surface area (Å²) < 4.78 is 33.7. The molecule has 3 aromatic rings. The molecule has 0 aliphatic rings. The maximum atomic E-state index is 13.4. The number of aryl methyl sites for hydroxylation is 1. The highest BCUT2D eigenvalue weighted by Gasteiger charge is 2.26. The fourth-order valence-electron chi connectivity index (χ4n) is 3.21. The average molecular weight is 439 g/mol. The van der Waals surface area contributed by atoms with Crippen molar-refractivity contribution in [1.29, 1.82) is 0 Å². The number of ether oxygens (including phenoxy) is 1. The highest BCUT2D eigenvalue weighted by molar-refractivity contribution is 7.93. The van der Waals surface area contributed by atoms with Crippen molar-refractivity contribution in [1.82, 2.24) is 0 Å². The van der Waals surface area contributed by atoms with Gasteiger partial charge in [-0.25, -0.2) is 8.42 Å². The van der Waals surface area contributed by atoms with Crippen LogP contribution in [0.1, 0.15) is 18.1 Å². The molecule has 31 heavy (non-hydrogen) atoms. The van der Waals surface area contributed by atoms with Gasteiger partial charge in [-0.05, 0) is 62.2 Å². The van der Waals surface area contributed by atoms with Gasteiger partial charge in [0.2, 0.25) is 0 Å². The monoisotopic (exact) mass is 438 g/mol. The first-order valence-electron chi connectivity index (χ1n) is 10.00. The summed E-state index contributed by atoms with van der Waals surface area (Å²) >= 11 is 0. The zero-order valence-electron chi connectivity index (χ0n) is 17.8. The lowest BCUT2D eigenvalue weighted by Crippen LogP contribution is -2.32. The molecule has 0 unspecified atom stereocenters. The van der Waals surface area contributed by atoms with Gasteiger partial charge in [0.15, 0.2) is 6.61 Å². The summed E-state index contributed by atoms with van der Waals surface area (Å²) in [6.45, 7) is 5.69. The largest absolute Gasteiger partial charge is 0.483 e. The standard InChI is InChI=1S/C24H26N2O4S/c1-4-26(20-12-6-5-7-13-20)31(28,29)23-16-9-8-14-21(23)25-24(27)17-30-22-15-10-11-18(2)19(22)3/h5-16H,4,17H2,1-3H3,(H,25,27). The summed E-state index contributed by atoms with van der Waals surface area (Å²) in [5.74, 6) is 0.184. The van der Waals surface area contributed by atoms with Crippen LogP contribution < -0.4 is 14.4 Å². The van der Waals surface area contributed by atoms with E-state index < -0.39 is 15.9 Å². The molecule has 0 saturated heterocycles. The Balaban J connectivity index is 1.81. The maximum absolute atomic E-state index is 13.4. The molecule has 0 bridgehead atoms. The summed E-state index contributed by atoms with van der Waals surface area (Å²) in [5.41, 5.74) is 2.80. The molecule has 0 radical (unpaired) electrons. The van der Waals surface area contributed by atoms with Crippen LogP contribution in [0.3, 0.4) is 0 Å². The van der Waals surface area contributed by atoms with E-state index in [-0.39, 0.29) is 23.7 Å². The fourth-order valence-corrected chi connectivity index (χ4v) is 4.83. The van der Waals surface area contributed by atoms with E-state index in [0.717, 1.165) is 11.1 Å². The number of carbonyl (C=O) groups excluding carboxylic acids is 1. The molecule has 1 amide bonds. The second-order valence-corrected chi connectivity index (χ2v) is 8.87. The van der Waals surface area contributed by atoms with Gasteiger partial charge < -0.3 is 10.1 Å². The van der Waals surface area contributed by atoms with Gasteiger partial charge in [-0.3, -0.25) is 9.10 Å². The van der Waals surface area contributed by atoms with Crippen molar-refractivity contribution < 1.29 is 17.9 Å². The second-order valence-electron chi connectivity index (χ2n) is 7.04. The van der Waals surface area contributed by atoms with Crippen molar-refractivity contribution >= 4 is 27.3 Å². The van der Waals surface area contributed by atoms with Crippen molar-refractivity contribution in [2.24, 2.45) is 0 Å². The zero-order valence-corrected chi connectivity index (χ0v) is 18.6. The molecule has 0 spiro atoms. The minimum Gasteiger partial charge on any atom is -0.483 e. The molecule has 7 heteroatoms. The number of rotatable bonds is 8. The van der Waals surface area contributed by atoms with E-state index in [9.17, 15) is 13.2 Å². The molecular weight excluding hydrogens is 412 g/mol. The van der Waals surface area contributed by atoms with E-state index in [2.05, 4.69) is 5.32 Å². The molecule has 0 saturated carbocycles. The molecule has 6 nitrogen and oxygen atoms in total.